The fourth-order valence-corrected chi connectivity index (χ4v) is 3.38. The minimum Gasteiger partial charge on any atom is -0.477 e. The Bertz CT molecular complexity index is 701. The molecule has 2 N–H and O–H groups in total. The first-order chi connectivity index (χ1) is 8.88. The third kappa shape index (κ3) is 3.19. The predicted octanol–water partition coefficient (Wildman–Crippen LogP) is 1.22. The number of sulfonamides is 1. The van der Waals surface area contributed by atoms with Gasteiger partial charge in [-0.05, 0) is 13.0 Å². The van der Waals surface area contributed by atoms with Gasteiger partial charge in [-0.25, -0.2) is 22.9 Å². The van der Waals surface area contributed by atoms with E-state index in [4.69, 9.17) is 9.52 Å². The Kier molecular flexibility index (Phi) is 3.69. The molecule has 0 saturated carbocycles. The summed E-state index contributed by atoms with van der Waals surface area (Å²) in [5.41, 5.74) is 0. The first-order valence-electron chi connectivity index (χ1n) is 5.11. The quantitative estimate of drug-likeness (QED) is 0.859. The van der Waals surface area contributed by atoms with Crippen LogP contribution in [0.4, 0.5) is 0 Å². The monoisotopic (exact) mass is 302 g/mol. The standard InChI is InChI=1S/C10H10N2O5S2/c1-6-3-11-9(17-6)4-12-19(15,16)7-2-8(10(13)14)18-5-7/h2-3,5,12H,4H2,1H3,(H,13,14). The first-order valence-corrected chi connectivity index (χ1v) is 7.47. The second-order valence-electron chi connectivity index (χ2n) is 3.64. The van der Waals surface area contributed by atoms with E-state index in [0.717, 1.165) is 17.4 Å². The summed E-state index contributed by atoms with van der Waals surface area (Å²) in [5, 5.41) is 10.0. The second kappa shape index (κ2) is 5.11. The van der Waals surface area contributed by atoms with Crippen molar-refractivity contribution in [2.45, 2.75) is 18.4 Å². The van der Waals surface area contributed by atoms with Crippen LogP contribution in [0.15, 0.2) is 27.0 Å². The number of hydrogen-bond donors (Lipinski definition) is 2. The van der Waals surface area contributed by atoms with E-state index in [2.05, 4.69) is 9.71 Å². The SMILES string of the molecule is Cc1cnc(CNS(=O)(=O)c2csc(C(=O)O)c2)o1. The lowest BCUT2D eigenvalue weighted by atomic mass is 10.5. The molecule has 102 valence electrons. The van der Waals surface area contributed by atoms with Gasteiger partial charge in [-0.15, -0.1) is 11.3 Å². The maximum atomic E-state index is 11.9. The number of oxazole rings is 1. The number of hydrogen-bond acceptors (Lipinski definition) is 6. The van der Waals surface area contributed by atoms with E-state index in [1.165, 1.54) is 11.6 Å². The van der Waals surface area contributed by atoms with Crippen LogP contribution in [-0.2, 0) is 16.6 Å². The molecule has 0 spiro atoms. The van der Waals surface area contributed by atoms with Crippen molar-refractivity contribution >= 4 is 27.3 Å². The Morgan fingerprint density at radius 2 is 2.32 bits per heavy atom. The Morgan fingerprint density at radius 3 is 2.84 bits per heavy atom. The van der Waals surface area contributed by atoms with Gasteiger partial charge in [0.2, 0.25) is 15.9 Å². The molecule has 9 heteroatoms. The normalized spacial score (nSPS) is 11.6. The van der Waals surface area contributed by atoms with Gasteiger partial charge in [-0.2, -0.15) is 0 Å². The second-order valence-corrected chi connectivity index (χ2v) is 6.32. The van der Waals surface area contributed by atoms with Crippen LogP contribution in [0.5, 0.6) is 0 Å². The Hall–Kier alpha value is -1.71. The Balaban J connectivity index is 2.11. The molecule has 19 heavy (non-hydrogen) atoms. The van der Waals surface area contributed by atoms with Gasteiger partial charge in [-0.3, -0.25) is 0 Å². The average Bonchev–Trinajstić information content (AvgIpc) is 2.95. The van der Waals surface area contributed by atoms with Crippen molar-refractivity contribution in [2.75, 3.05) is 0 Å². The van der Waals surface area contributed by atoms with Crippen LogP contribution < -0.4 is 4.72 Å². The number of carboxylic acid groups (broad SMARTS) is 1. The van der Waals surface area contributed by atoms with Crippen LogP contribution in [0.1, 0.15) is 21.3 Å². The lowest BCUT2D eigenvalue weighted by Crippen LogP contribution is -2.22. The number of nitrogens with one attached hydrogen (secondary N) is 1. The van der Waals surface area contributed by atoms with E-state index < -0.39 is 16.0 Å². The molecule has 0 aromatic carbocycles. The van der Waals surface area contributed by atoms with E-state index >= 15 is 0 Å². The van der Waals surface area contributed by atoms with Gasteiger partial charge in [0, 0.05) is 5.38 Å². The third-order valence-corrected chi connectivity index (χ3v) is 4.63. The highest BCUT2D eigenvalue weighted by atomic mass is 32.2. The number of aromatic nitrogens is 1. The van der Waals surface area contributed by atoms with Crippen molar-refractivity contribution < 1.29 is 22.7 Å². The molecule has 2 heterocycles. The van der Waals surface area contributed by atoms with Gasteiger partial charge in [-0.1, -0.05) is 0 Å². The molecule has 0 amide bonds. The van der Waals surface area contributed by atoms with Crippen LogP contribution in [0.2, 0.25) is 0 Å². The predicted molar refractivity (Wildman–Crippen MR) is 66.5 cm³/mol. The number of carboxylic acids is 1. The number of carbonyl (C=O) groups is 1. The molecule has 0 atom stereocenters. The molecular weight excluding hydrogens is 292 g/mol. The maximum Gasteiger partial charge on any atom is 0.345 e. The number of rotatable bonds is 5. The first kappa shape index (κ1) is 13.7. The molecule has 0 saturated heterocycles. The zero-order valence-electron chi connectivity index (χ0n) is 9.78. The minimum atomic E-state index is -3.76. The van der Waals surface area contributed by atoms with Crippen molar-refractivity contribution in [1.82, 2.24) is 9.71 Å². The molecule has 0 aliphatic rings. The summed E-state index contributed by atoms with van der Waals surface area (Å²) in [7, 11) is -3.76. The zero-order chi connectivity index (χ0) is 14.0. The molecule has 0 radical (unpaired) electrons. The van der Waals surface area contributed by atoms with Gasteiger partial charge < -0.3 is 9.52 Å². The summed E-state index contributed by atoms with van der Waals surface area (Å²) in [6, 6.07) is 1.11. The molecule has 2 aromatic rings. The number of nitrogens with zero attached hydrogens (tertiary/aromatic N) is 1. The Morgan fingerprint density at radius 1 is 1.58 bits per heavy atom. The molecule has 2 rings (SSSR count). The number of thiophene rings is 1. The van der Waals surface area contributed by atoms with Gasteiger partial charge >= 0.3 is 5.97 Å². The van der Waals surface area contributed by atoms with Crippen molar-refractivity contribution in [3.05, 3.63) is 34.2 Å². The summed E-state index contributed by atoms with van der Waals surface area (Å²) in [6.45, 7) is 1.61. The molecule has 0 unspecified atom stereocenters. The summed E-state index contributed by atoms with van der Waals surface area (Å²) >= 11 is 0.853. The smallest absolute Gasteiger partial charge is 0.345 e. The summed E-state index contributed by atoms with van der Waals surface area (Å²) in [5.74, 6) is -0.331. The molecule has 0 bridgehead atoms. The van der Waals surface area contributed by atoms with Gasteiger partial charge in [0.05, 0.1) is 17.6 Å². The van der Waals surface area contributed by atoms with E-state index in [9.17, 15) is 13.2 Å². The fourth-order valence-electron chi connectivity index (χ4n) is 1.30. The maximum absolute atomic E-state index is 11.9. The number of aromatic carboxylic acids is 1. The summed E-state index contributed by atoms with van der Waals surface area (Å²) in [4.78, 5) is 14.4. The van der Waals surface area contributed by atoms with E-state index in [1.807, 2.05) is 0 Å². The Labute approximate surface area is 113 Å². The highest BCUT2D eigenvalue weighted by Crippen LogP contribution is 2.19. The summed E-state index contributed by atoms with van der Waals surface area (Å²) < 4.78 is 31.2. The fraction of sp³-hybridized carbons (Fsp3) is 0.200. The topological polar surface area (TPSA) is 110 Å². The molecular formula is C10H10N2O5S2. The van der Waals surface area contributed by atoms with Crippen LogP contribution in [0.3, 0.4) is 0 Å². The molecule has 0 aliphatic heterocycles. The highest BCUT2D eigenvalue weighted by molar-refractivity contribution is 7.89. The van der Waals surface area contributed by atoms with Crippen molar-refractivity contribution in [3.8, 4) is 0 Å². The van der Waals surface area contributed by atoms with Crippen molar-refractivity contribution in [2.24, 2.45) is 0 Å². The van der Waals surface area contributed by atoms with Gasteiger partial charge in [0.1, 0.15) is 10.6 Å². The summed E-state index contributed by atoms with van der Waals surface area (Å²) in [6.07, 6.45) is 1.48. The molecule has 7 nitrogen and oxygen atoms in total. The average molecular weight is 302 g/mol. The lowest BCUT2D eigenvalue weighted by molar-refractivity contribution is 0.0702. The minimum absolute atomic E-state index is 0.0349. The van der Waals surface area contributed by atoms with Crippen molar-refractivity contribution in [3.63, 3.8) is 0 Å². The highest BCUT2D eigenvalue weighted by Gasteiger charge is 2.19. The largest absolute Gasteiger partial charge is 0.477 e. The van der Waals surface area contributed by atoms with E-state index in [-0.39, 0.29) is 22.2 Å². The van der Waals surface area contributed by atoms with E-state index in [1.54, 1.807) is 6.92 Å². The van der Waals surface area contributed by atoms with Crippen LogP contribution >= 0.6 is 11.3 Å². The number of aryl methyl sites for hydroxylation is 1. The molecule has 0 fully saturated rings. The molecule has 0 aliphatic carbocycles. The van der Waals surface area contributed by atoms with Crippen LogP contribution in [0, 0.1) is 6.92 Å². The molecule has 2 aromatic heterocycles. The van der Waals surface area contributed by atoms with Gasteiger partial charge in [0.25, 0.3) is 0 Å². The third-order valence-electron chi connectivity index (χ3n) is 2.18. The van der Waals surface area contributed by atoms with E-state index in [0.29, 0.717) is 5.76 Å². The van der Waals surface area contributed by atoms with Crippen molar-refractivity contribution in [1.29, 1.82) is 0 Å². The lowest BCUT2D eigenvalue weighted by Gasteiger charge is -2.01. The van der Waals surface area contributed by atoms with Crippen LogP contribution in [0.25, 0.3) is 0 Å². The van der Waals surface area contributed by atoms with Gasteiger partial charge in [0.15, 0.2) is 0 Å². The zero-order valence-corrected chi connectivity index (χ0v) is 11.4. The van der Waals surface area contributed by atoms with Crippen LogP contribution in [-0.4, -0.2) is 24.5 Å².